The van der Waals surface area contributed by atoms with Gasteiger partial charge in [-0.05, 0) is 38.0 Å². The number of hydrogen-bond acceptors (Lipinski definition) is 6. The molecule has 1 aliphatic rings. The lowest BCUT2D eigenvalue weighted by Crippen LogP contribution is -2.42. The van der Waals surface area contributed by atoms with E-state index in [1.807, 2.05) is 18.7 Å². The molecule has 2 rings (SSSR count). The first-order valence-electron chi connectivity index (χ1n) is 9.94. The standard InChI is InChI=1S/C21H34N2O5/c1-15(2)23(13-17-11-22-12-18(17)14-24)21(25)16-6-7-19(27-4)20(10-16)28-9-5-8-26-3/h6-7,10,15,17-18,22,24H,5,8-9,11-14H2,1-4H3. The molecule has 28 heavy (non-hydrogen) atoms. The second kappa shape index (κ2) is 11.2. The number of nitrogens with one attached hydrogen (secondary N) is 1. The number of ether oxygens (including phenoxy) is 3. The molecule has 1 saturated heterocycles. The van der Waals surface area contributed by atoms with E-state index >= 15 is 0 Å². The number of hydrogen-bond donors (Lipinski definition) is 2. The molecule has 1 aromatic rings. The molecule has 1 aromatic carbocycles. The van der Waals surface area contributed by atoms with Gasteiger partial charge in [-0.25, -0.2) is 0 Å². The van der Waals surface area contributed by atoms with Gasteiger partial charge in [0, 0.05) is 63.9 Å². The van der Waals surface area contributed by atoms with E-state index in [-0.39, 0.29) is 30.4 Å². The van der Waals surface area contributed by atoms with Crippen LogP contribution in [0, 0.1) is 11.8 Å². The lowest BCUT2D eigenvalue weighted by atomic mass is 9.95. The van der Waals surface area contributed by atoms with Crippen LogP contribution < -0.4 is 14.8 Å². The number of methoxy groups -OCH3 is 2. The maximum Gasteiger partial charge on any atom is 0.254 e. The third-order valence-corrected chi connectivity index (χ3v) is 5.19. The molecule has 1 fully saturated rings. The maximum atomic E-state index is 13.2. The molecule has 0 aliphatic carbocycles. The van der Waals surface area contributed by atoms with Crippen molar-refractivity contribution < 1.29 is 24.1 Å². The van der Waals surface area contributed by atoms with Gasteiger partial charge in [-0.2, -0.15) is 0 Å². The van der Waals surface area contributed by atoms with Crippen molar-refractivity contribution in [2.75, 3.05) is 53.7 Å². The summed E-state index contributed by atoms with van der Waals surface area (Å²) in [6, 6.07) is 5.35. The number of carbonyl (C=O) groups is 1. The zero-order valence-corrected chi connectivity index (χ0v) is 17.4. The minimum atomic E-state index is -0.0389. The van der Waals surface area contributed by atoms with Gasteiger partial charge in [0.25, 0.3) is 5.91 Å². The molecule has 0 aromatic heterocycles. The lowest BCUT2D eigenvalue weighted by Gasteiger charge is -2.31. The van der Waals surface area contributed by atoms with E-state index in [4.69, 9.17) is 14.2 Å². The van der Waals surface area contributed by atoms with Crippen LogP contribution in [0.2, 0.25) is 0 Å². The van der Waals surface area contributed by atoms with Crippen LogP contribution in [-0.4, -0.2) is 75.6 Å². The molecular formula is C21H34N2O5. The van der Waals surface area contributed by atoms with E-state index in [9.17, 15) is 9.90 Å². The molecule has 158 valence electrons. The number of rotatable bonds is 11. The third kappa shape index (κ3) is 5.83. The lowest BCUT2D eigenvalue weighted by molar-refractivity contribution is 0.0643. The molecule has 0 saturated carbocycles. The fourth-order valence-corrected chi connectivity index (χ4v) is 3.47. The summed E-state index contributed by atoms with van der Waals surface area (Å²) in [4.78, 5) is 15.1. The second-order valence-corrected chi connectivity index (χ2v) is 7.47. The highest BCUT2D eigenvalue weighted by atomic mass is 16.5. The SMILES string of the molecule is COCCCOc1cc(C(=O)N(CC2CNCC2CO)C(C)C)ccc1OC. The Kier molecular flexibility index (Phi) is 9.02. The number of amides is 1. The predicted octanol–water partition coefficient (Wildman–Crippen LogP) is 1.79. The topological polar surface area (TPSA) is 80.3 Å². The second-order valence-electron chi connectivity index (χ2n) is 7.47. The number of nitrogens with zero attached hydrogens (tertiary/aromatic N) is 1. The first-order valence-corrected chi connectivity index (χ1v) is 9.94. The van der Waals surface area contributed by atoms with Crippen molar-refractivity contribution >= 4 is 5.91 Å². The van der Waals surface area contributed by atoms with Gasteiger partial charge in [0.15, 0.2) is 11.5 Å². The first-order chi connectivity index (χ1) is 13.5. The molecule has 0 spiro atoms. The Hall–Kier alpha value is -1.83. The van der Waals surface area contributed by atoms with E-state index in [1.165, 1.54) is 0 Å². The Morgan fingerprint density at radius 1 is 1.21 bits per heavy atom. The highest BCUT2D eigenvalue weighted by Crippen LogP contribution is 2.29. The molecule has 7 nitrogen and oxygen atoms in total. The minimum absolute atomic E-state index is 0.0389. The van der Waals surface area contributed by atoms with Crippen molar-refractivity contribution in [3.63, 3.8) is 0 Å². The van der Waals surface area contributed by atoms with Gasteiger partial charge in [-0.3, -0.25) is 4.79 Å². The van der Waals surface area contributed by atoms with Crippen LogP contribution in [0.5, 0.6) is 11.5 Å². The molecule has 0 bridgehead atoms. The zero-order valence-electron chi connectivity index (χ0n) is 17.4. The van der Waals surface area contributed by atoms with Crippen LogP contribution >= 0.6 is 0 Å². The van der Waals surface area contributed by atoms with Crippen LogP contribution in [0.1, 0.15) is 30.6 Å². The number of aliphatic hydroxyl groups excluding tert-OH is 1. The largest absolute Gasteiger partial charge is 0.493 e. The van der Waals surface area contributed by atoms with Crippen molar-refractivity contribution in [1.29, 1.82) is 0 Å². The summed E-state index contributed by atoms with van der Waals surface area (Å²) in [5.41, 5.74) is 0.572. The highest BCUT2D eigenvalue weighted by Gasteiger charge is 2.31. The normalized spacial score (nSPS) is 19.1. The Balaban J connectivity index is 2.14. The molecule has 1 amide bonds. The van der Waals surface area contributed by atoms with Gasteiger partial charge < -0.3 is 29.5 Å². The van der Waals surface area contributed by atoms with Crippen LogP contribution in [0.3, 0.4) is 0 Å². The van der Waals surface area contributed by atoms with Gasteiger partial charge in [-0.1, -0.05) is 0 Å². The summed E-state index contributed by atoms with van der Waals surface area (Å²) in [7, 11) is 3.24. The minimum Gasteiger partial charge on any atom is -0.493 e. The Morgan fingerprint density at radius 3 is 2.61 bits per heavy atom. The Bertz CT molecular complexity index is 623. The molecule has 0 radical (unpaired) electrons. The number of benzene rings is 1. The average Bonchev–Trinajstić information content (AvgIpc) is 3.15. The van der Waals surface area contributed by atoms with Crippen LogP contribution in [-0.2, 0) is 4.74 Å². The summed E-state index contributed by atoms with van der Waals surface area (Å²) in [5, 5.41) is 12.9. The maximum absolute atomic E-state index is 13.2. The monoisotopic (exact) mass is 394 g/mol. The molecular weight excluding hydrogens is 360 g/mol. The first kappa shape index (κ1) is 22.5. The molecule has 7 heteroatoms. The summed E-state index contributed by atoms with van der Waals surface area (Å²) in [6.07, 6.45) is 0.757. The summed E-state index contributed by atoms with van der Waals surface area (Å²) >= 11 is 0. The Labute approximate surface area is 168 Å². The number of aliphatic hydroxyl groups is 1. The number of carbonyl (C=O) groups excluding carboxylic acids is 1. The highest BCUT2D eigenvalue weighted by molar-refractivity contribution is 5.95. The Morgan fingerprint density at radius 2 is 1.96 bits per heavy atom. The van der Waals surface area contributed by atoms with Crippen molar-refractivity contribution in [2.45, 2.75) is 26.3 Å². The quantitative estimate of drug-likeness (QED) is 0.557. The van der Waals surface area contributed by atoms with E-state index in [0.717, 1.165) is 19.5 Å². The summed E-state index contributed by atoms with van der Waals surface area (Å²) < 4.78 is 16.2. The molecule has 1 aliphatic heterocycles. The van der Waals surface area contributed by atoms with Crippen LogP contribution in [0.15, 0.2) is 18.2 Å². The average molecular weight is 395 g/mol. The van der Waals surface area contributed by atoms with Crippen molar-refractivity contribution in [1.82, 2.24) is 10.2 Å². The van der Waals surface area contributed by atoms with Gasteiger partial charge in [-0.15, -0.1) is 0 Å². The zero-order chi connectivity index (χ0) is 20.5. The molecule has 1 heterocycles. The summed E-state index contributed by atoms with van der Waals surface area (Å²) in [5.74, 6) is 1.56. The van der Waals surface area contributed by atoms with Crippen LogP contribution in [0.4, 0.5) is 0 Å². The predicted molar refractivity (Wildman–Crippen MR) is 108 cm³/mol. The van der Waals surface area contributed by atoms with Crippen molar-refractivity contribution in [3.8, 4) is 11.5 Å². The fraction of sp³-hybridized carbons (Fsp3) is 0.667. The third-order valence-electron chi connectivity index (χ3n) is 5.19. The molecule has 2 atom stereocenters. The van der Waals surface area contributed by atoms with Gasteiger partial charge >= 0.3 is 0 Å². The van der Waals surface area contributed by atoms with E-state index in [1.54, 1.807) is 32.4 Å². The van der Waals surface area contributed by atoms with Crippen molar-refractivity contribution in [2.24, 2.45) is 11.8 Å². The fourth-order valence-electron chi connectivity index (χ4n) is 3.47. The van der Waals surface area contributed by atoms with Crippen molar-refractivity contribution in [3.05, 3.63) is 23.8 Å². The van der Waals surface area contributed by atoms with Gasteiger partial charge in [0.1, 0.15) is 0 Å². The van der Waals surface area contributed by atoms with Crippen LogP contribution in [0.25, 0.3) is 0 Å². The summed E-state index contributed by atoms with van der Waals surface area (Å²) in [6.45, 7) is 7.50. The van der Waals surface area contributed by atoms with E-state index < -0.39 is 0 Å². The van der Waals surface area contributed by atoms with E-state index in [0.29, 0.717) is 36.8 Å². The van der Waals surface area contributed by atoms with Gasteiger partial charge in [0.05, 0.1) is 13.7 Å². The molecule has 2 N–H and O–H groups in total. The molecule has 2 unspecified atom stereocenters. The van der Waals surface area contributed by atoms with Gasteiger partial charge in [0.2, 0.25) is 0 Å². The smallest absolute Gasteiger partial charge is 0.254 e. The van der Waals surface area contributed by atoms with E-state index in [2.05, 4.69) is 5.32 Å².